The van der Waals surface area contributed by atoms with Gasteiger partial charge in [0.15, 0.2) is 11.4 Å². The molecule has 3 aromatic heterocycles. The van der Waals surface area contributed by atoms with E-state index in [4.69, 9.17) is 38.1 Å². The van der Waals surface area contributed by atoms with Crippen LogP contribution in [0.2, 0.25) is 10.0 Å². The first-order chi connectivity index (χ1) is 16.1. The van der Waals surface area contributed by atoms with Crippen LogP contribution in [0.3, 0.4) is 0 Å². The lowest BCUT2D eigenvalue weighted by Crippen LogP contribution is -2.27. The number of rotatable bonds is 7. The van der Waals surface area contributed by atoms with Gasteiger partial charge in [0.25, 0.3) is 0 Å². The Morgan fingerprint density at radius 1 is 1.12 bits per heavy atom. The molecule has 0 atom stereocenters. The summed E-state index contributed by atoms with van der Waals surface area (Å²) in [5, 5.41) is 13.1. The van der Waals surface area contributed by atoms with Crippen molar-refractivity contribution in [1.29, 1.82) is 0 Å². The molecule has 0 amide bonds. The molecular weight excluding hydrogens is 461 g/mol. The molecule has 7 nitrogen and oxygen atoms in total. The summed E-state index contributed by atoms with van der Waals surface area (Å²) in [6, 6.07) is 5.51. The number of pyridine rings is 1. The Kier molecular flexibility index (Phi) is 6.44. The molecule has 0 radical (unpaired) electrons. The third-order valence-corrected chi connectivity index (χ3v) is 6.89. The van der Waals surface area contributed by atoms with Crippen LogP contribution in [0.25, 0.3) is 22.1 Å². The van der Waals surface area contributed by atoms with E-state index in [1.165, 1.54) is 0 Å². The van der Waals surface area contributed by atoms with Gasteiger partial charge >= 0.3 is 0 Å². The van der Waals surface area contributed by atoms with Gasteiger partial charge in [-0.25, -0.2) is 4.98 Å². The van der Waals surface area contributed by atoms with E-state index in [9.17, 15) is 0 Å². The molecule has 1 aliphatic heterocycles. The minimum Gasteiger partial charge on any atom is -0.486 e. The normalized spacial score (nSPS) is 14.7. The Hall–Kier alpha value is -2.74. The number of nitrogen functional groups attached to an aromatic ring is 1. The van der Waals surface area contributed by atoms with E-state index >= 15 is 0 Å². The molecule has 0 spiro atoms. The first-order valence-electron chi connectivity index (χ1n) is 11.1. The minimum absolute atomic E-state index is 0.296. The number of nitrogens with one attached hydrogen (secondary N) is 2. The molecule has 1 aromatic carbocycles. The first-order valence-corrected chi connectivity index (χ1v) is 11.8. The van der Waals surface area contributed by atoms with Crippen LogP contribution in [-0.4, -0.2) is 34.9 Å². The van der Waals surface area contributed by atoms with Gasteiger partial charge in [-0.05, 0) is 56.5 Å². The van der Waals surface area contributed by atoms with E-state index in [0.717, 1.165) is 53.7 Å². The number of aromatic nitrogens is 3. The summed E-state index contributed by atoms with van der Waals surface area (Å²) in [7, 11) is 0. The van der Waals surface area contributed by atoms with Gasteiger partial charge in [0.2, 0.25) is 5.75 Å². The molecule has 0 bridgehead atoms. The number of H-pyrrole nitrogens is 1. The van der Waals surface area contributed by atoms with Crippen molar-refractivity contribution in [2.24, 2.45) is 0 Å². The molecule has 4 aromatic rings. The molecule has 0 aliphatic carbocycles. The van der Waals surface area contributed by atoms with Crippen LogP contribution in [-0.2, 0) is 6.42 Å². The average molecular weight is 486 g/mol. The van der Waals surface area contributed by atoms with Gasteiger partial charge in [0.05, 0.1) is 18.2 Å². The number of hydrogen-bond acceptors (Lipinski definition) is 6. The molecule has 0 unspecified atom stereocenters. The molecule has 172 valence electrons. The number of aromatic amines is 1. The summed E-state index contributed by atoms with van der Waals surface area (Å²) in [5.41, 5.74) is 10.7. The van der Waals surface area contributed by atoms with Crippen molar-refractivity contribution >= 4 is 40.0 Å². The topological polar surface area (TPSA) is 102 Å². The number of hydrogen-bond donors (Lipinski definition) is 3. The van der Waals surface area contributed by atoms with Gasteiger partial charge < -0.3 is 20.2 Å². The maximum absolute atomic E-state index is 6.27. The van der Waals surface area contributed by atoms with E-state index in [0.29, 0.717) is 52.6 Å². The third kappa shape index (κ3) is 4.40. The quantitative estimate of drug-likeness (QED) is 0.295. The Balaban J connectivity index is 1.36. The zero-order valence-electron chi connectivity index (χ0n) is 18.0. The number of piperidine rings is 1. The molecule has 0 saturated carbocycles. The fraction of sp³-hybridized carbons (Fsp3) is 0.333. The van der Waals surface area contributed by atoms with Crippen molar-refractivity contribution in [3.63, 3.8) is 0 Å². The van der Waals surface area contributed by atoms with Crippen LogP contribution in [0.4, 0.5) is 5.82 Å². The monoisotopic (exact) mass is 485 g/mol. The average Bonchev–Trinajstić information content (AvgIpc) is 3.47. The molecule has 4 heterocycles. The molecule has 1 aliphatic rings. The number of ether oxygens (including phenoxy) is 1. The number of nitrogens with zero attached hydrogens (tertiary/aromatic N) is 2. The maximum atomic E-state index is 6.27. The van der Waals surface area contributed by atoms with Crippen LogP contribution in [0, 0.1) is 0 Å². The van der Waals surface area contributed by atoms with Crippen molar-refractivity contribution < 1.29 is 9.15 Å². The van der Waals surface area contributed by atoms with E-state index in [1.807, 2.05) is 24.4 Å². The zero-order chi connectivity index (χ0) is 22.8. The second-order valence-electron chi connectivity index (χ2n) is 8.24. The maximum Gasteiger partial charge on any atom is 0.205 e. The van der Waals surface area contributed by atoms with Gasteiger partial charge in [-0.15, -0.1) is 0 Å². The Labute approximate surface area is 201 Å². The largest absolute Gasteiger partial charge is 0.486 e. The Bertz CT molecular complexity index is 1240. The van der Waals surface area contributed by atoms with Gasteiger partial charge in [0.1, 0.15) is 6.26 Å². The summed E-state index contributed by atoms with van der Waals surface area (Å²) in [4.78, 5) is 4.37. The van der Waals surface area contributed by atoms with E-state index in [-0.39, 0.29) is 0 Å². The Morgan fingerprint density at radius 3 is 2.70 bits per heavy atom. The number of benzene rings is 1. The lowest BCUT2D eigenvalue weighted by Gasteiger charge is -2.22. The molecule has 33 heavy (non-hydrogen) atoms. The SMILES string of the molecule is Nc1ncc2c(-c3cn[nH]c3C3CCNCC3)coc2c1OCCCc1c(Cl)cccc1Cl. The highest BCUT2D eigenvalue weighted by molar-refractivity contribution is 6.35. The smallest absolute Gasteiger partial charge is 0.205 e. The van der Waals surface area contributed by atoms with E-state index in [2.05, 4.69) is 20.5 Å². The number of anilines is 1. The summed E-state index contributed by atoms with van der Waals surface area (Å²) in [5.74, 6) is 1.18. The molecular formula is C24H25Cl2N5O2. The minimum atomic E-state index is 0.296. The molecule has 9 heteroatoms. The number of furan rings is 1. The first kappa shape index (κ1) is 22.1. The van der Waals surface area contributed by atoms with Crippen molar-refractivity contribution in [2.45, 2.75) is 31.6 Å². The van der Waals surface area contributed by atoms with Crippen molar-refractivity contribution in [3.8, 4) is 16.9 Å². The van der Waals surface area contributed by atoms with Crippen LogP contribution >= 0.6 is 23.2 Å². The van der Waals surface area contributed by atoms with Gasteiger partial charge in [-0.1, -0.05) is 29.3 Å². The zero-order valence-corrected chi connectivity index (χ0v) is 19.5. The Morgan fingerprint density at radius 2 is 1.91 bits per heavy atom. The molecule has 1 fully saturated rings. The van der Waals surface area contributed by atoms with Gasteiger partial charge in [-0.3, -0.25) is 5.10 Å². The van der Waals surface area contributed by atoms with Crippen molar-refractivity contribution in [3.05, 3.63) is 58.2 Å². The van der Waals surface area contributed by atoms with Crippen LogP contribution in [0.15, 0.2) is 41.3 Å². The van der Waals surface area contributed by atoms with Gasteiger partial charge in [0, 0.05) is 39.0 Å². The van der Waals surface area contributed by atoms with E-state index < -0.39 is 0 Å². The lowest BCUT2D eigenvalue weighted by atomic mass is 9.90. The third-order valence-electron chi connectivity index (χ3n) is 6.19. The van der Waals surface area contributed by atoms with Crippen LogP contribution < -0.4 is 15.8 Å². The molecule has 1 saturated heterocycles. The summed E-state index contributed by atoms with van der Waals surface area (Å²) < 4.78 is 12.0. The van der Waals surface area contributed by atoms with Gasteiger partial charge in [-0.2, -0.15) is 5.10 Å². The second-order valence-corrected chi connectivity index (χ2v) is 9.05. The highest BCUT2D eigenvalue weighted by Crippen LogP contribution is 2.40. The second kappa shape index (κ2) is 9.63. The molecule has 5 rings (SSSR count). The number of fused-ring (bicyclic) bond motifs is 1. The van der Waals surface area contributed by atoms with Crippen molar-refractivity contribution in [1.82, 2.24) is 20.5 Å². The summed E-state index contributed by atoms with van der Waals surface area (Å²) in [6.07, 6.45) is 8.87. The number of halogens is 2. The predicted octanol–water partition coefficient (Wildman–Crippen LogP) is 5.59. The van der Waals surface area contributed by atoms with Crippen LogP contribution in [0.1, 0.15) is 36.4 Å². The van der Waals surface area contributed by atoms with Crippen molar-refractivity contribution in [2.75, 3.05) is 25.4 Å². The fourth-order valence-corrected chi connectivity index (χ4v) is 5.04. The van der Waals surface area contributed by atoms with Crippen LogP contribution in [0.5, 0.6) is 5.75 Å². The highest BCUT2D eigenvalue weighted by Gasteiger charge is 2.24. The molecule has 4 N–H and O–H groups in total. The summed E-state index contributed by atoms with van der Waals surface area (Å²) >= 11 is 12.5. The highest BCUT2D eigenvalue weighted by atomic mass is 35.5. The standard InChI is InChI=1S/C24H25Cl2N5O2/c25-19-4-1-5-20(26)15(19)3-2-10-32-23-22-17(11-29-24(23)27)18(13-33-22)16-12-30-31-21(16)14-6-8-28-9-7-14/h1,4-5,11-14,28H,2-3,6-10H2,(H2,27,29)(H,30,31). The summed E-state index contributed by atoms with van der Waals surface area (Å²) in [6.45, 7) is 2.43. The predicted molar refractivity (Wildman–Crippen MR) is 131 cm³/mol. The fourth-order valence-electron chi connectivity index (χ4n) is 4.46. The number of nitrogens with two attached hydrogens (primary N) is 1. The lowest BCUT2D eigenvalue weighted by molar-refractivity contribution is 0.311. The van der Waals surface area contributed by atoms with E-state index in [1.54, 1.807) is 12.5 Å².